The topological polar surface area (TPSA) is 59.2 Å². The molecule has 188 valence electrons. The lowest BCUT2D eigenvalue weighted by Crippen LogP contribution is -2.08. The molecule has 0 aliphatic heterocycles. The molecule has 4 nitrogen and oxygen atoms in total. The second kappa shape index (κ2) is 17.8. The molecule has 0 amide bonds. The summed E-state index contributed by atoms with van der Waals surface area (Å²) in [5.41, 5.74) is 3.13. The first-order valence-electron chi connectivity index (χ1n) is 12.6. The fourth-order valence-electron chi connectivity index (χ4n) is 3.23. The molecule has 4 heteroatoms. The highest BCUT2D eigenvalue weighted by Gasteiger charge is 2.16. The van der Waals surface area contributed by atoms with Crippen LogP contribution in [0.25, 0.3) is 22.0 Å². The standard InChI is InChI=1S/C23H17NO3.4C2H6/c1-27-20-13-17(23(26)16-10-6-3-7-11-16)12-19-18(14-21(25)24-22(19)20)15-8-4-2-5-9-15;4*1-2/h2-14H,1H3,(H,24,25);4*1-2H3. The minimum absolute atomic E-state index is 0.0963. The van der Waals surface area contributed by atoms with Crippen molar-refractivity contribution in [2.75, 3.05) is 7.11 Å². The minimum atomic E-state index is -0.221. The smallest absolute Gasteiger partial charge is 0.249 e. The van der Waals surface area contributed by atoms with Gasteiger partial charge < -0.3 is 9.72 Å². The van der Waals surface area contributed by atoms with E-state index in [-0.39, 0.29) is 11.3 Å². The van der Waals surface area contributed by atoms with Crippen molar-refractivity contribution >= 4 is 16.7 Å². The first kappa shape index (κ1) is 31.3. The van der Waals surface area contributed by atoms with E-state index in [1.807, 2.05) is 110 Å². The zero-order valence-electron chi connectivity index (χ0n) is 22.7. The predicted octanol–water partition coefficient (Wildman–Crippen LogP) is 8.54. The summed E-state index contributed by atoms with van der Waals surface area (Å²) >= 11 is 0. The van der Waals surface area contributed by atoms with Crippen LogP contribution in [0.3, 0.4) is 0 Å². The van der Waals surface area contributed by atoms with Crippen LogP contribution in [0, 0.1) is 0 Å². The van der Waals surface area contributed by atoms with Gasteiger partial charge in [0.05, 0.1) is 12.6 Å². The molecular weight excluding hydrogens is 434 g/mol. The van der Waals surface area contributed by atoms with Crippen molar-refractivity contribution < 1.29 is 9.53 Å². The fourth-order valence-corrected chi connectivity index (χ4v) is 3.23. The molecule has 0 atom stereocenters. The molecule has 0 aliphatic rings. The maximum Gasteiger partial charge on any atom is 0.249 e. The molecule has 0 unspecified atom stereocenters. The number of rotatable bonds is 4. The average molecular weight is 476 g/mol. The second-order valence-corrected chi connectivity index (χ2v) is 6.21. The summed E-state index contributed by atoms with van der Waals surface area (Å²) in [7, 11) is 1.53. The molecule has 35 heavy (non-hydrogen) atoms. The Balaban J connectivity index is 0.00000132. The maximum atomic E-state index is 12.9. The third-order valence-electron chi connectivity index (χ3n) is 4.52. The van der Waals surface area contributed by atoms with Crippen molar-refractivity contribution in [1.82, 2.24) is 4.98 Å². The van der Waals surface area contributed by atoms with Gasteiger partial charge in [-0.1, -0.05) is 116 Å². The van der Waals surface area contributed by atoms with Crippen LogP contribution in [0.2, 0.25) is 0 Å². The largest absolute Gasteiger partial charge is 0.495 e. The quantitative estimate of drug-likeness (QED) is 0.301. The average Bonchev–Trinajstić information content (AvgIpc) is 2.97. The van der Waals surface area contributed by atoms with E-state index in [1.54, 1.807) is 24.3 Å². The predicted molar refractivity (Wildman–Crippen MR) is 152 cm³/mol. The first-order chi connectivity index (χ1) is 17.2. The van der Waals surface area contributed by atoms with Crippen LogP contribution in [0.5, 0.6) is 5.75 Å². The molecule has 0 aliphatic carbocycles. The van der Waals surface area contributed by atoms with Crippen LogP contribution in [0.15, 0.2) is 83.7 Å². The SMILES string of the molecule is CC.CC.CC.CC.COc1cc(C(=O)c2ccccc2)cc2c(-c3ccccc3)cc(=O)[nH]c12. The Hall–Kier alpha value is -3.66. The lowest BCUT2D eigenvalue weighted by Gasteiger charge is -2.12. The van der Waals surface area contributed by atoms with Gasteiger partial charge in [0.2, 0.25) is 5.56 Å². The molecule has 1 aromatic heterocycles. The third-order valence-corrected chi connectivity index (χ3v) is 4.52. The Labute approximate surface area is 211 Å². The molecule has 0 saturated heterocycles. The zero-order valence-corrected chi connectivity index (χ0v) is 22.7. The van der Waals surface area contributed by atoms with E-state index in [4.69, 9.17) is 4.74 Å². The van der Waals surface area contributed by atoms with Crippen LogP contribution in [-0.2, 0) is 0 Å². The number of H-pyrrole nitrogens is 1. The van der Waals surface area contributed by atoms with E-state index in [0.29, 0.717) is 22.4 Å². The van der Waals surface area contributed by atoms with Gasteiger partial charge in [0.25, 0.3) is 0 Å². The van der Waals surface area contributed by atoms with Gasteiger partial charge in [-0.3, -0.25) is 9.59 Å². The summed E-state index contributed by atoms with van der Waals surface area (Å²) in [6, 6.07) is 23.8. The number of hydrogen-bond donors (Lipinski definition) is 1. The molecule has 0 fully saturated rings. The van der Waals surface area contributed by atoms with Crippen LogP contribution in [0.4, 0.5) is 0 Å². The zero-order chi connectivity index (χ0) is 26.8. The van der Waals surface area contributed by atoms with Crippen molar-refractivity contribution in [1.29, 1.82) is 0 Å². The van der Waals surface area contributed by atoms with Crippen molar-refractivity contribution in [3.8, 4) is 16.9 Å². The highest BCUT2D eigenvalue weighted by molar-refractivity contribution is 6.12. The molecular formula is C31H41NO3. The summed E-state index contributed by atoms with van der Waals surface area (Å²) in [5.74, 6) is 0.364. The Bertz CT molecular complexity index is 1180. The monoisotopic (exact) mass is 475 g/mol. The van der Waals surface area contributed by atoms with E-state index in [9.17, 15) is 9.59 Å². The van der Waals surface area contributed by atoms with Crippen molar-refractivity contribution in [3.63, 3.8) is 0 Å². The first-order valence-corrected chi connectivity index (χ1v) is 12.6. The number of pyridine rings is 1. The van der Waals surface area contributed by atoms with Crippen molar-refractivity contribution in [2.24, 2.45) is 0 Å². The molecule has 4 rings (SSSR count). The van der Waals surface area contributed by atoms with Gasteiger partial charge in [0.15, 0.2) is 5.78 Å². The summed E-state index contributed by atoms with van der Waals surface area (Å²) in [5, 5.41) is 0.763. The Morgan fingerprint density at radius 1 is 0.686 bits per heavy atom. The van der Waals surface area contributed by atoms with Crippen molar-refractivity contribution in [2.45, 2.75) is 55.4 Å². The lowest BCUT2D eigenvalue weighted by molar-refractivity contribution is 0.103. The number of aromatic nitrogens is 1. The van der Waals surface area contributed by atoms with Gasteiger partial charge in [0, 0.05) is 22.6 Å². The molecule has 0 spiro atoms. The van der Waals surface area contributed by atoms with E-state index in [2.05, 4.69) is 4.98 Å². The number of nitrogens with one attached hydrogen (secondary N) is 1. The summed E-state index contributed by atoms with van der Waals surface area (Å²) in [6.45, 7) is 16.0. The molecule has 1 heterocycles. The van der Waals surface area contributed by atoms with Gasteiger partial charge in [-0.2, -0.15) is 0 Å². The normalized spacial score (nSPS) is 8.94. The van der Waals surface area contributed by atoms with E-state index < -0.39 is 0 Å². The Morgan fingerprint density at radius 2 is 1.20 bits per heavy atom. The van der Waals surface area contributed by atoms with Crippen LogP contribution in [0.1, 0.15) is 71.3 Å². The number of fused-ring (bicyclic) bond motifs is 1. The van der Waals surface area contributed by atoms with E-state index in [1.165, 1.54) is 7.11 Å². The molecule has 0 bridgehead atoms. The number of carbonyl (C=O) groups excluding carboxylic acids is 1. The van der Waals surface area contributed by atoms with Gasteiger partial charge in [-0.25, -0.2) is 0 Å². The summed E-state index contributed by atoms with van der Waals surface area (Å²) < 4.78 is 5.48. The number of benzene rings is 3. The highest BCUT2D eigenvalue weighted by Crippen LogP contribution is 2.33. The molecule has 4 aromatic rings. The van der Waals surface area contributed by atoms with Gasteiger partial charge in [-0.15, -0.1) is 0 Å². The third kappa shape index (κ3) is 8.25. The highest BCUT2D eigenvalue weighted by atomic mass is 16.5. The maximum absolute atomic E-state index is 12.9. The van der Waals surface area contributed by atoms with Gasteiger partial charge in [-0.05, 0) is 23.3 Å². The molecule has 0 radical (unpaired) electrons. The second-order valence-electron chi connectivity index (χ2n) is 6.21. The fraction of sp³-hybridized carbons (Fsp3) is 0.290. The van der Waals surface area contributed by atoms with Gasteiger partial charge in [0.1, 0.15) is 5.75 Å². The Morgan fingerprint density at radius 3 is 1.71 bits per heavy atom. The molecule has 3 aromatic carbocycles. The number of hydrogen-bond acceptors (Lipinski definition) is 3. The molecule has 1 N–H and O–H groups in total. The number of ketones is 1. The summed E-state index contributed by atoms with van der Waals surface area (Å²) in [6.07, 6.45) is 0. The number of aromatic amines is 1. The van der Waals surface area contributed by atoms with E-state index in [0.717, 1.165) is 16.5 Å². The van der Waals surface area contributed by atoms with Crippen LogP contribution >= 0.6 is 0 Å². The van der Waals surface area contributed by atoms with E-state index >= 15 is 0 Å². The number of carbonyl (C=O) groups is 1. The number of methoxy groups -OCH3 is 1. The minimum Gasteiger partial charge on any atom is -0.495 e. The van der Waals surface area contributed by atoms with Crippen molar-refractivity contribution in [3.05, 3.63) is 100 Å². The van der Waals surface area contributed by atoms with Crippen LogP contribution < -0.4 is 10.3 Å². The number of ether oxygens (including phenoxy) is 1. The Kier molecular flexibility index (Phi) is 15.9. The van der Waals surface area contributed by atoms with Crippen LogP contribution in [-0.4, -0.2) is 17.9 Å². The lowest BCUT2D eigenvalue weighted by atomic mass is 9.96. The summed E-state index contributed by atoms with van der Waals surface area (Å²) in [4.78, 5) is 28.0. The molecule has 0 saturated carbocycles. The van der Waals surface area contributed by atoms with Gasteiger partial charge >= 0.3 is 0 Å².